The Balaban J connectivity index is 2.42. The number of amides is 1. The predicted octanol–water partition coefficient (Wildman–Crippen LogP) is 1.87. The van der Waals surface area contributed by atoms with Gasteiger partial charge in [-0.05, 0) is 44.4 Å². The van der Waals surface area contributed by atoms with Crippen LogP contribution < -0.4 is 0 Å². The number of nitrogens with zero attached hydrogens (tertiary/aromatic N) is 2. The molecule has 5 nitrogen and oxygen atoms in total. The quantitative estimate of drug-likeness (QED) is 0.856. The van der Waals surface area contributed by atoms with Crippen LogP contribution in [0.4, 0.5) is 0 Å². The lowest BCUT2D eigenvalue weighted by Gasteiger charge is -2.22. The first-order valence-corrected chi connectivity index (χ1v) is 8.53. The third kappa shape index (κ3) is 2.96. The van der Waals surface area contributed by atoms with E-state index in [1.165, 1.54) is 24.5 Å². The average molecular weight is 310 g/mol. The second-order valence-electron chi connectivity index (χ2n) is 5.76. The first-order valence-electron chi connectivity index (χ1n) is 7.09. The van der Waals surface area contributed by atoms with Gasteiger partial charge in [0.15, 0.2) is 0 Å². The van der Waals surface area contributed by atoms with Crippen molar-refractivity contribution in [2.24, 2.45) is 0 Å². The molecule has 1 aromatic carbocycles. The normalized spacial score (nSPS) is 19.3. The molecule has 0 saturated carbocycles. The van der Waals surface area contributed by atoms with Crippen molar-refractivity contribution in [1.82, 2.24) is 9.21 Å². The van der Waals surface area contributed by atoms with Gasteiger partial charge in [-0.25, -0.2) is 12.7 Å². The fourth-order valence-electron chi connectivity index (χ4n) is 2.61. The maximum atomic E-state index is 12.5. The van der Waals surface area contributed by atoms with Gasteiger partial charge in [0.25, 0.3) is 5.91 Å². The van der Waals surface area contributed by atoms with Crippen LogP contribution in [-0.4, -0.2) is 50.2 Å². The molecule has 1 saturated heterocycles. The minimum atomic E-state index is -3.54. The molecule has 0 aliphatic carbocycles. The van der Waals surface area contributed by atoms with Crippen molar-refractivity contribution >= 4 is 15.9 Å². The third-order valence-corrected chi connectivity index (χ3v) is 5.96. The zero-order valence-corrected chi connectivity index (χ0v) is 13.8. The molecule has 0 radical (unpaired) electrons. The van der Waals surface area contributed by atoms with E-state index in [2.05, 4.69) is 0 Å². The van der Waals surface area contributed by atoms with Gasteiger partial charge in [-0.15, -0.1) is 0 Å². The van der Waals surface area contributed by atoms with Crippen molar-refractivity contribution in [3.63, 3.8) is 0 Å². The molecule has 0 N–H and O–H groups in total. The molecule has 1 fully saturated rings. The lowest BCUT2D eigenvalue weighted by Crippen LogP contribution is -2.33. The van der Waals surface area contributed by atoms with E-state index in [0.29, 0.717) is 11.1 Å². The molecule has 1 aromatic rings. The average Bonchev–Trinajstić information content (AvgIpc) is 2.84. The SMILES string of the molecule is Cc1ccc(C(=O)N2CCCC2C)cc1S(=O)(=O)N(C)C. The number of carbonyl (C=O) groups excluding carboxylic acids is 1. The maximum absolute atomic E-state index is 12.5. The van der Waals surface area contributed by atoms with Gasteiger partial charge in [-0.2, -0.15) is 0 Å². The Hall–Kier alpha value is -1.40. The zero-order chi connectivity index (χ0) is 15.8. The summed E-state index contributed by atoms with van der Waals surface area (Å²) in [6, 6.07) is 5.12. The number of benzene rings is 1. The van der Waals surface area contributed by atoms with E-state index >= 15 is 0 Å². The number of rotatable bonds is 3. The second kappa shape index (κ2) is 5.77. The van der Waals surface area contributed by atoms with Crippen LogP contribution in [0, 0.1) is 6.92 Å². The zero-order valence-electron chi connectivity index (χ0n) is 13.0. The number of likely N-dealkylation sites (tertiary alicyclic amines) is 1. The summed E-state index contributed by atoms with van der Waals surface area (Å²) in [5.41, 5.74) is 1.09. The van der Waals surface area contributed by atoms with Crippen LogP contribution in [0.3, 0.4) is 0 Å². The first kappa shape index (κ1) is 16.0. The topological polar surface area (TPSA) is 57.7 Å². The van der Waals surface area contributed by atoms with Crippen LogP contribution in [0.15, 0.2) is 23.1 Å². The van der Waals surface area contributed by atoms with Crippen molar-refractivity contribution in [1.29, 1.82) is 0 Å². The molecular weight excluding hydrogens is 288 g/mol. The Bertz CT molecular complexity index is 653. The van der Waals surface area contributed by atoms with Gasteiger partial charge in [-0.3, -0.25) is 4.79 Å². The summed E-state index contributed by atoms with van der Waals surface area (Å²) in [6.45, 7) is 4.50. The van der Waals surface area contributed by atoms with E-state index in [9.17, 15) is 13.2 Å². The molecule has 1 aliphatic heterocycles. The van der Waals surface area contributed by atoms with Crippen LogP contribution in [-0.2, 0) is 10.0 Å². The van der Waals surface area contributed by atoms with Crippen LogP contribution in [0.2, 0.25) is 0 Å². The van der Waals surface area contributed by atoms with Gasteiger partial charge >= 0.3 is 0 Å². The van der Waals surface area contributed by atoms with Crippen LogP contribution in [0.5, 0.6) is 0 Å². The molecule has 1 aliphatic rings. The van der Waals surface area contributed by atoms with Crippen molar-refractivity contribution in [2.75, 3.05) is 20.6 Å². The summed E-state index contributed by atoms with van der Waals surface area (Å²) in [5, 5.41) is 0. The monoisotopic (exact) mass is 310 g/mol. The van der Waals surface area contributed by atoms with Gasteiger partial charge in [0.1, 0.15) is 0 Å². The molecule has 0 bridgehead atoms. The van der Waals surface area contributed by atoms with E-state index in [4.69, 9.17) is 0 Å². The molecule has 1 atom stereocenters. The Kier molecular flexibility index (Phi) is 4.39. The van der Waals surface area contributed by atoms with E-state index < -0.39 is 10.0 Å². The van der Waals surface area contributed by atoms with Gasteiger partial charge < -0.3 is 4.90 Å². The predicted molar refractivity (Wildman–Crippen MR) is 81.8 cm³/mol. The lowest BCUT2D eigenvalue weighted by atomic mass is 10.1. The summed E-state index contributed by atoms with van der Waals surface area (Å²) >= 11 is 0. The van der Waals surface area contributed by atoms with E-state index in [0.717, 1.165) is 19.4 Å². The minimum Gasteiger partial charge on any atom is -0.336 e. The van der Waals surface area contributed by atoms with Gasteiger partial charge in [-0.1, -0.05) is 6.07 Å². The Morgan fingerprint density at radius 3 is 2.52 bits per heavy atom. The number of hydrogen-bond donors (Lipinski definition) is 0. The summed E-state index contributed by atoms with van der Waals surface area (Å²) in [7, 11) is -0.554. The van der Waals surface area contributed by atoms with Gasteiger partial charge in [0.05, 0.1) is 4.90 Å². The maximum Gasteiger partial charge on any atom is 0.254 e. The summed E-state index contributed by atoms with van der Waals surface area (Å²) in [6.07, 6.45) is 2.00. The minimum absolute atomic E-state index is 0.0878. The Morgan fingerprint density at radius 1 is 1.33 bits per heavy atom. The van der Waals surface area contributed by atoms with Crippen molar-refractivity contribution in [2.45, 2.75) is 37.6 Å². The Labute approximate surface area is 126 Å². The standard InChI is InChI=1S/C15H22N2O3S/c1-11-7-8-13(10-14(11)21(19,20)16(3)4)15(18)17-9-5-6-12(17)2/h7-8,10,12H,5-6,9H2,1-4H3. The van der Waals surface area contributed by atoms with E-state index in [1.807, 2.05) is 11.8 Å². The highest BCUT2D eigenvalue weighted by molar-refractivity contribution is 7.89. The molecule has 2 rings (SSSR count). The fourth-order valence-corrected chi connectivity index (χ4v) is 3.75. The molecule has 6 heteroatoms. The van der Waals surface area contributed by atoms with E-state index in [1.54, 1.807) is 19.1 Å². The first-order chi connectivity index (χ1) is 9.75. The highest BCUT2D eigenvalue weighted by Crippen LogP contribution is 2.23. The van der Waals surface area contributed by atoms with Gasteiger partial charge in [0, 0.05) is 32.2 Å². The number of hydrogen-bond acceptors (Lipinski definition) is 3. The fraction of sp³-hybridized carbons (Fsp3) is 0.533. The molecule has 1 heterocycles. The molecule has 1 amide bonds. The van der Waals surface area contributed by atoms with Crippen molar-refractivity contribution in [3.05, 3.63) is 29.3 Å². The third-order valence-electron chi connectivity index (χ3n) is 4.01. The summed E-state index contributed by atoms with van der Waals surface area (Å²) in [4.78, 5) is 14.6. The largest absolute Gasteiger partial charge is 0.336 e. The number of sulfonamides is 1. The Morgan fingerprint density at radius 2 is 2.00 bits per heavy atom. The molecule has 0 spiro atoms. The lowest BCUT2D eigenvalue weighted by molar-refractivity contribution is 0.0747. The summed E-state index contributed by atoms with van der Waals surface area (Å²) < 4.78 is 25.8. The molecule has 21 heavy (non-hydrogen) atoms. The number of aryl methyl sites for hydroxylation is 1. The van der Waals surface area contributed by atoms with Crippen LogP contribution in [0.25, 0.3) is 0 Å². The molecule has 0 aromatic heterocycles. The van der Waals surface area contributed by atoms with Crippen molar-refractivity contribution < 1.29 is 13.2 Å². The highest BCUT2D eigenvalue weighted by atomic mass is 32.2. The van der Waals surface area contributed by atoms with E-state index in [-0.39, 0.29) is 16.8 Å². The van der Waals surface area contributed by atoms with Crippen LogP contribution in [0.1, 0.15) is 35.7 Å². The molecule has 1 unspecified atom stereocenters. The highest BCUT2D eigenvalue weighted by Gasteiger charge is 2.28. The van der Waals surface area contributed by atoms with Crippen molar-refractivity contribution in [3.8, 4) is 0 Å². The summed E-state index contributed by atoms with van der Waals surface area (Å²) in [5.74, 6) is -0.0878. The van der Waals surface area contributed by atoms with Crippen LogP contribution >= 0.6 is 0 Å². The number of carbonyl (C=O) groups is 1. The molecular formula is C15H22N2O3S. The van der Waals surface area contributed by atoms with Gasteiger partial charge in [0.2, 0.25) is 10.0 Å². The molecule has 116 valence electrons. The smallest absolute Gasteiger partial charge is 0.254 e. The second-order valence-corrected chi connectivity index (χ2v) is 7.88.